The van der Waals surface area contributed by atoms with Gasteiger partial charge in [0, 0.05) is 6.54 Å². The van der Waals surface area contributed by atoms with E-state index in [0.717, 1.165) is 11.3 Å². The van der Waals surface area contributed by atoms with Crippen LogP contribution in [-0.2, 0) is 16.6 Å². The first-order valence-corrected chi connectivity index (χ1v) is 8.16. The molecule has 0 aliphatic carbocycles. The third kappa shape index (κ3) is 3.17. The average molecular weight is 315 g/mol. The topological polar surface area (TPSA) is 55.4 Å². The van der Waals surface area contributed by atoms with Gasteiger partial charge < -0.3 is 4.74 Å². The van der Waals surface area contributed by atoms with Crippen LogP contribution in [0.25, 0.3) is 0 Å². The van der Waals surface area contributed by atoms with E-state index in [0.29, 0.717) is 16.9 Å². The van der Waals surface area contributed by atoms with E-state index in [4.69, 9.17) is 4.74 Å². The molecule has 2 aromatic rings. The molecular weight excluding hydrogens is 301 g/mol. The maximum absolute atomic E-state index is 13.4. The van der Waals surface area contributed by atoms with Crippen molar-refractivity contribution in [3.05, 3.63) is 46.6 Å². The summed E-state index contributed by atoms with van der Waals surface area (Å²) in [4.78, 5) is 0. The molecule has 0 spiro atoms. The van der Waals surface area contributed by atoms with Gasteiger partial charge in [-0.15, -0.1) is 11.3 Å². The predicted molar refractivity (Wildman–Crippen MR) is 76.0 cm³/mol. The normalized spacial score (nSPS) is 11.6. The highest BCUT2D eigenvalue weighted by atomic mass is 32.2. The molecule has 1 N–H and O–H groups in total. The predicted octanol–water partition coefficient (Wildman–Crippen LogP) is 2.68. The van der Waals surface area contributed by atoms with Crippen LogP contribution in [0.5, 0.6) is 5.75 Å². The summed E-state index contributed by atoms with van der Waals surface area (Å²) >= 11 is 1.07. The molecule has 108 valence electrons. The van der Waals surface area contributed by atoms with Crippen molar-refractivity contribution in [1.29, 1.82) is 0 Å². The van der Waals surface area contributed by atoms with Gasteiger partial charge in [0.25, 0.3) is 10.0 Å². The van der Waals surface area contributed by atoms with E-state index < -0.39 is 10.0 Å². The molecule has 20 heavy (non-hydrogen) atoms. The van der Waals surface area contributed by atoms with Crippen LogP contribution >= 0.6 is 11.3 Å². The van der Waals surface area contributed by atoms with E-state index in [1.807, 2.05) is 0 Å². The molecule has 1 heterocycles. The van der Waals surface area contributed by atoms with E-state index in [9.17, 15) is 12.8 Å². The number of rotatable bonds is 5. The third-order valence-corrected chi connectivity index (χ3v) is 5.61. The minimum atomic E-state index is -3.66. The Hall–Kier alpha value is -1.44. The van der Waals surface area contributed by atoms with Crippen LogP contribution in [0.15, 0.2) is 33.9 Å². The van der Waals surface area contributed by atoms with E-state index >= 15 is 0 Å². The molecule has 0 saturated heterocycles. The Labute approximate surface area is 121 Å². The van der Waals surface area contributed by atoms with Crippen molar-refractivity contribution >= 4 is 21.4 Å². The molecule has 0 fully saturated rings. The fourth-order valence-corrected chi connectivity index (χ4v) is 3.96. The van der Waals surface area contributed by atoms with Crippen LogP contribution in [-0.4, -0.2) is 15.5 Å². The Bertz CT molecular complexity index is 710. The molecule has 0 unspecified atom stereocenters. The molecule has 1 aromatic carbocycles. The van der Waals surface area contributed by atoms with Crippen LogP contribution in [0.1, 0.15) is 11.1 Å². The van der Waals surface area contributed by atoms with Crippen molar-refractivity contribution in [1.82, 2.24) is 4.72 Å². The number of benzene rings is 1. The lowest BCUT2D eigenvalue weighted by Crippen LogP contribution is -2.22. The number of hydrogen-bond acceptors (Lipinski definition) is 4. The Morgan fingerprint density at radius 2 is 2.10 bits per heavy atom. The molecule has 2 rings (SSSR count). The summed E-state index contributed by atoms with van der Waals surface area (Å²) < 4.78 is 45.2. The van der Waals surface area contributed by atoms with Gasteiger partial charge >= 0.3 is 0 Å². The van der Waals surface area contributed by atoms with Gasteiger partial charge in [-0.05, 0) is 35.6 Å². The second-order valence-electron chi connectivity index (χ2n) is 4.18. The van der Waals surface area contributed by atoms with E-state index in [1.54, 1.807) is 30.5 Å². The Balaban J connectivity index is 2.15. The SMILES string of the molecule is COc1ccsc1S(=O)(=O)NCc1ccc(C)c(F)c1. The second-order valence-corrected chi connectivity index (χ2v) is 7.06. The van der Waals surface area contributed by atoms with Crippen molar-refractivity contribution in [2.45, 2.75) is 17.7 Å². The molecule has 0 bridgehead atoms. The highest BCUT2D eigenvalue weighted by Gasteiger charge is 2.20. The van der Waals surface area contributed by atoms with E-state index in [1.165, 1.54) is 13.2 Å². The van der Waals surface area contributed by atoms with Crippen LogP contribution in [0.3, 0.4) is 0 Å². The molecule has 0 aliphatic heterocycles. The number of methoxy groups -OCH3 is 1. The zero-order valence-electron chi connectivity index (χ0n) is 11.0. The highest BCUT2D eigenvalue weighted by molar-refractivity contribution is 7.91. The van der Waals surface area contributed by atoms with Gasteiger partial charge in [0.15, 0.2) is 4.21 Å². The number of halogens is 1. The summed E-state index contributed by atoms with van der Waals surface area (Å²) in [5.41, 5.74) is 1.09. The first kappa shape index (κ1) is 15.0. The number of hydrogen-bond donors (Lipinski definition) is 1. The minimum absolute atomic E-state index is 0.0284. The van der Waals surface area contributed by atoms with Crippen LogP contribution < -0.4 is 9.46 Å². The van der Waals surface area contributed by atoms with Crippen LogP contribution in [0, 0.1) is 12.7 Å². The fourth-order valence-electron chi connectivity index (χ4n) is 1.62. The number of thiophene rings is 1. The first-order chi connectivity index (χ1) is 9.44. The second kappa shape index (κ2) is 5.90. The molecule has 4 nitrogen and oxygen atoms in total. The molecule has 0 amide bonds. The smallest absolute Gasteiger partial charge is 0.254 e. The van der Waals surface area contributed by atoms with Crippen molar-refractivity contribution in [2.75, 3.05) is 7.11 Å². The lowest BCUT2D eigenvalue weighted by molar-refractivity contribution is 0.406. The van der Waals surface area contributed by atoms with Crippen molar-refractivity contribution in [2.24, 2.45) is 0 Å². The van der Waals surface area contributed by atoms with Gasteiger partial charge in [-0.3, -0.25) is 0 Å². The van der Waals surface area contributed by atoms with Gasteiger partial charge in [-0.1, -0.05) is 12.1 Å². The maximum atomic E-state index is 13.4. The summed E-state index contributed by atoms with van der Waals surface area (Å²) in [7, 11) is -2.25. The third-order valence-electron chi connectivity index (χ3n) is 2.76. The molecule has 0 radical (unpaired) electrons. The number of aryl methyl sites for hydroxylation is 1. The Morgan fingerprint density at radius 3 is 2.75 bits per heavy atom. The average Bonchev–Trinajstić information content (AvgIpc) is 2.89. The summed E-state index contributed by atoms with van der Waals surface area (Å²) in [6.45, 7) is 1.68. The quantitative estimate of drug-likeness (QED) is 0.923. The zero-order chi connectivity index (χ0) is 14.8. The molecule has 1 aromatic heterocycles. The monoisotopic (exact) mass is 315 g/mol. The van der Waals surface area contributed by atoms with Crippen molar-refractivity contribution in [3.8, 4) is 5.75 Å². The van der Waals surface area contributed by atoms with Crippen molar-refractivity contribution in [3.63, 3.8) is 0 Å². The summed E-state index contributed by atoms with van der Waals surface area (Å²) in [6, 6.07) is 6.21. The fraction of sp³-hybridized carbons (Fsp3) is 0.231. The van der Waals surface area contributed by atoms with Gasteiger partial charge in [-0.2, -0.15) is 0 Å². The lowest BCUT2D eigenvalue weighted by Gasteiger charge is -2.07. The van der Waals surface area contributed by atoms with E-state index in [-0.39, 0.29) is 16.6 Å². The molecule has 0 atom stereocenters. The number of sulfonamides is 1. The zero-order valence-corrected chi connectivity index (χ0v) is 12.6. The van der Waals surface area contributed by atoms with Crippen molar-refractivity contribution < 1.29 is 17.5 Å². The summed E-state index contributed by atoms with van der Waals surface area (Å²) in [5, 5.41) is 1.64. The molecule has 0 saturated carbocycles. The first-order valence-electron chi connectivity index (χ1n) is 5.80. The molecule has 0 aliphatic rings. The Kier molecular flexibility index (Phi) is 4.42. The standard InChI is InChI=1S/C13H14FNO3S2/c1-9-3-4-10(7-11(9)14)8-15-20(16,17)13-12(18-2)5-6-19-13/h3-7,15H,8H2,1-2H3. The largest absolute Gasteiger partial charge is 0.494 e. The maximum Gasteiger partial charge on any atom is 0.254 e. The lowest BCUT2D eigenvalue weighted by atomic mass is 10.1. The van der Waals surface area contributed by atoms with Gasteiger partial charge in [-0.25, -0.2) is 17.5 Å². The van der Waals surface area contributed by atoms with E-state index in [2.05, 4.69) is 4.72 Å². The Morgan fingerprint density at radius 1 is 1.35 bits per heavy atom. The summed E-state index contributed by atoms with van der Waals surface area (Å²) in [6.07, 6.45) is 0. The number of nitrogens with one attached hydrogen (secondary N) is 1. The number of ether oxygens (including phenoxy) is 1. The minimum Gasteiger partial charge on any atom is -0.494 e. The summed E-state index contributed by atoms with van der Waals surface area (Å²) in [5.74, 6) is -0.0482. The van der Waals surface area contributed by atoms with Gasteiger partial charge in [0.1, 0.15) is 11.6 Å². The van der Waals surface area contributed by atoms with Gasteiger partial charge in [0.2, 0.25) is 0 Å². The van der Waals surface area contributed by atoms with Gasteiger partial charge in [0.05, 0.1) is 7.11 Å². The van der Waals surface area contributed by atoms with Crippen LogP contribution in [0.2, 0.25) is 0 Å². The van der Waals surface area contributed by atoms with Crippen LogP contribution in [0.4, 0.5) is 4.39 Å². The molecule has 7 heteroatoms. The molecular formula is C13H14FNO3S2. The highest BCUT2D eigenvalue weighted by Crippen LogP contribution is 2.29.